The van der Waals surface area contributed by atoms with Crippen molar-refractivity contribution in [2.45, 2.75) is 19.9 Å². The Hall–Kier alpha value is -3.61. The van der Waals surface area contributed by atoms with Gasteiger partial charge in [0.05, 0.1) is 11.0 Å². The summed E-state index contributed by atoms with van der Waals surface area (Å²) in [5.41, 5.74) is 2.20. The molecular weight excluding hydrogens is 356 g/mol. The van der Waals surface area contributed by atoms with Crippen LogP contribution in [0.15, 0.2) is 59.0 Å². The number of nitrogens with zero attached hydrogens (tertiary/aromatic N) is 1. The summed E-state index contributed by atoms with van der Waals surface area (Å²) in [4.78, 5) is 32.8. The lowest BCUT2D eigenvalue weighted by Crippen LogP contribution is -2.47. The minimum Gasteiger partial charge on any atom is -0.451 e. The number of aromatic amines is 1. The van der Waals surface area contributed by atoms with Crippen molar-refractivity contribution in [1.82, 2.24) is 15.3 Å². The van der Waals surface area contributed by atoms with Gasteiger partial charge >= 0.3 is 0 Å². The van der Waals surface area contributed by atoms with Gasteiger partial charge < -0.3 is 14.7 Å². The number of nitrogens with one attached hydrogen (secondary N) is 3. The lowest BCUT2D eigenvalue weighted by Gasteiger charge is -2.20. The van der Waals surface area contributed by atoms with Crippen molar-refractivity contribution in [2.24, 2.45) is 5.92 Å². The SMILES string of the molecule is CC(C)C(NC(=O)c1cc2ccccc2o1)C(=O)Nc1nc2ccccc2[nH]1. The number of amides is 2. The van der Waals surface area contributed by atoms with Gasteiger partial charge in [-0.15, -0.1) is 0 Å². The Morgan fingerprint density at radius 3 is 2.57 bits per heavy atom. The zero-order chi connectivity index (χ0) is 19.7. The molecule has 142 valence electrons. The Bertz CT molecular complexity index is 1090. The first-order valence-electron chi connectivity index (χ1n) is 9.06. The Morgan fingerprint density at radius 1 is 1.07 bits per heavy atom. The maximum absolute atomic E-state index is 12.8. The summed E-state index contributed by atoms with van der Waals surface area (Å²) in [5, 5.41) is 6.34. The summed E-state index contributed by atoms with van der Waals surface area (Å²) >= 11 is 0. The second-order valence-electron chi connectivity index (χ2n) is 6.94. The van der Waals surface area contributed by atoms with Gasteiger partial charge in [0, 0.05) is 5.39 Å². The molecule has 4 rings (SSSR count). The lowest BCUT2D eigenvalue weighted by molar-refractivity contribution is -0.118. The van der Waals surface area contributed by atoms with E-state index in [1.807, 2.05) is 56.3 Å². The van der Waals surface area contributed by atoms with Crippen molar-refractivity contribution in [1.29, 1.82) is 0 Å². The molecule has 1 atom stereocenters. The number of anilines is 1. The molecule has 0 aliphatic heterocycles. The van der Waals surface area contributed by atoms with E-state index in [-0.39, 0.29) is 17.6 Å². The standard InChI is InChI=1S/C21H20N4O3/c1-12(2)18(20(27)25-21-22-14-8-4-5-9-15(14)23-21)24-19(26)17-11-13-7-3-6-10-16(13)28-17/h3-12,18H,1-2H3,(H,24,26)(H2,22,23,25,27). The smallest absolute Gasteiger partial charge is 0.287 e. The van der Waals surface area contributed by atoms with Crippen LogP contribution in [0.1, 0.15) is 24.4 Å². The van der Waals surface area contributed by atoms with E-state index in [9.17, 15) is 9.59 Å². The van der Waals surface area contributed by atoms with Crippen LogP contribution in [-0.2, 0) is 4.79 Å². The van der Waals surface area contributed by atoms with Crippen molar-refractivity contribution in [2.75, 3.05) is 5.32 Å². The van der Waals surface area contributed by atoms with Gasteiger partial charge in [-0.3, -0.25) is 14.9 Å². The predicted octanol–water partition coefficient (Wildman–Crippen LogP) is 3.70. The number of para-hydroxylation sites is 3. The van der Waals surface area contributed by atoms with E-state index in [4.69, 9.17) is 4.42 Å². The Kier molecular flexibility index (Phi) is 4.57. The number of fused-ring (bicyclic) bond motifs is 2. The molecule has 7 nitrogen and oxygen atoms in total. The normalized spacial score (nSPS) is 12.4. The molecule has 0 saturated carbocycles. The first kappa shape index (κ1) is 17.8. The van der Waals surface area contributed by atoms with Crippen LogP contribution in [0.5, 0.6) is 0 Å². The van der Waals surface area contributed by atoms with Crippen LogP contribution in [-0.4, -0.2) is 27.8 Å². The molecule has 0 radical (unpaired) electrons. The zero-order valence-corrected chi connectivity index (χ0v) is 15.5. The highest BCUT2D eigenvalue weighted by Gasteiger charge is 2.26. The first-order chi connectivity index (χ1) is 13.5. The molecule has 2 aromatic heterocycles. The lowest BCUT2D eigenvalue weighted by atomic mass is 10.0. The summed E-state index contributed by atoms with van der Waals surface area (Å²) < 4.78 is 5.59. The monoisotopic (exact) mass is 376 g/mol. The van der Waals surface area contributed by atoms with Crippen LogP contribution in [0.2, 0.25) is 0 Å². The van der Waals surface area contributed by atoms with Crippen LogP contribution in [0, 0.1) is 5.92 Å². The average Bonchev–Trinajstić information content (AvgIpc) is 3.28. The van der Waals surface area contributed by atoms with Gasteiger partial charge in [-0.1, -0.05) is 44.2 Å². The highest BCUT2D eigenvalue weighted by Crippen LogP contribution is 2.19. The Morgan fingerprint density at radius 2 is 1.82 bits per heavy atom. The Labute approximate surface area is 161 Å². The number of aromatic nitrogens is 2. The molecule has 0 aliphatic carbocycles. The van der Waals surface area contributed by atoms with Crippen molar-refractivity contribution in [3.05, 3.63) is 60.4 Å². The number of furan rings is 1. The van der Waals surface area contributed by atoms with Crippen LogP contribution in [0.3, 0.4) is 0 Å². The van der Waals surface area contributed by atoms with Crippen molar-refractivity contribution in [3.63, 3.8) is 0 Å². The maximum atomic E-state index is 12.8. The van der Waals surface area contributed by atoms with Crippen LogP contribution in [0.4, 0.5) is 5.95 Å². The molecule has 1 unspecified atom stereocenters. The molecule has 0 spiro atoms. The van der Waals surface area contributed by atoms with Gasteiger partial charge in [0.25, 0.3) is 5.91 Å². The number of carbonyl (C=O) groups excluding carboxylic acids is 2. The van der Waals surface area contributed by atoms with Gasteiger partial charge in [-0.05, 0) is 30.2 Å². The van der Waals surface area contributed by atoms with Crippen LogP contribution < -0.4 is 10.6 Å². The molecule has 28 heavy (non-hydrogen) atoms. The summed E-state index contributed by atoms with van der Waals surface area (Å²) in [6, 6.07) is 15.8. The van der Waals surface area contributed by atoms with Gasteiger partial charge in [-0.25, -0.2) is 4.98 Å². The highest BCUT2D eigenvalue weighted by atomic mass is 16.3. The summed E-state index contributed by atoms with van der Waals surface area (Å²) in [5.74, 6) is -0.399. The van der Waals surface area contributed by atoms with Crippen LogP contribution >= 0.6 is 0 Å². The number of benzene rings is 2. The number of rotatable bonds is 5. The van der Waals surface area contributed by atoms with E-state index in [2.05, 4.69) is 20.6 Å². The van der Waals surface area contributed by atoms with E-state index < -0.39 is 11.9 Å². The number of H-pyrrole nitrogens is 1. The molecule has 2 heterocycles. The highest BCUT2D eigenvalue weighted by molar-refractivity contribution is 6.01. The average molecular weight is 376 g/mol. The quantitative estimate of drug-likeness (QED) is 0.494. The van der Waals surface area contributed by atoms with E-state index in [1.165, 1.54) is 0 Å². The third-order valence-electron chi connectivity index (χ3n) is 4.52. The maximum Gasteiger partial charge on any atom is 0.287 e. The summed E-state index contributed by atoms with van der Waals surface area (Å²) in [6.07, 6.45) is 0. The molecule has 3 N–H and O–H groups in total. The minimum absolute atomic E-state index is 0.127. The largest absolute Gasteiger partial charge is 0.451 e. The van der Waals surface area contributed by atoms with Crippen LogP contribution in [0.25, 0.3) is 22.0 Å². The zero-order valence-electron chi connectivity index (χ0n) is 15.5. The predicted molar refractivity (Wildman–Crippen MR) is 107 cm³/mol. The van der Waals surface area contributed by atoms with Crippen molar-refractivity contribution in [3.8, 4) is 0 Å². The fourth-order valence-corrected chi connectivity index (χ4v) is 3.05. The number of carbonyl (C=O) groups is 2. The fraction of sp³-hybridized carbons (Fsp3) is 0.190. The van der Waals surface area contributed by atoms with Gasteiger partial charge in [0.2, 0.25) is 11.9 Å². The van der Waals surface area contributed by atoms with Gasteiger partial charge in [-0.2, -0.15) is 0 Å². The van der Waals surface area contributed by atoms with Crippen molar-refractivity contribution >= 4 is 39.8 Å². The second kappa shape index (κ2) is 7.19. The number of hydrogen-bond donors (Lipinski definition) is 3. The molecule has 7 heteroatoms. The van der Waals surface area contributed by atoms with E-state index in [0.717, 1.165) is 16.4 Å². The van der Waals surface area contributed by atoms with Gasteiger partial charge in [0.1, 0.15) is 11.6 Å². The van der Waals surface area contributed by atoms with E-state index >= 15 is 0 Å². The molecule has 2 aromatic carbocycles. The molecule has 0 aliphatic rings. The Balaban J connectivity index is 1.51. The van der Waals surface area contributed by atoms with Crippen molar-refractivity contribution < 1.29 is 14.0 Å². The molecular formula is C21H20N4O3. The fourth-order valence-electron chi connectivity index (χ4n) is 3.05. The summed E-state index contributed by atoms with van der Waals surface area (Å²) in [6.45, 7) is 3.73. The van der Waals surface area contributed by atoms with E-state index in [0.29, 0.717) is 11.5 Å². The second-order valence-corrected chi connectivity index (χ2v) is 6.94. The topological polar surface area (TPSA) is 100 Å². The van der Waals surface area contributed by atoms with E-state index in [1.54, 1.807) is 12.1 Å². The minimum atomic E-state index is -0.742. The first-order valence-corrected chi connectivity index (χ1v) is 9.06. The molecule has 0 fully saturated rings. The molecule has 0 bridgehead atoms. The number of hydrogen-bond acceptors (Lipinski definition) is 4. The van der Waals surface area contributed by atoms with Gasteiger partial charge in [0.15, 0.2) is 5.76 Å². The third-order valence-corrected chi connectivity index (χ3v) is 4.52. The summed E-state index contributed by atoms with van der Waals surface area (Å²) in [7, 11) is 0. The number of imidazole rings is 1. The third kappa shape index (κ3) is 3.46. The molecule has 2 amide bonds. The molecule has 0 saturated heterocycles. The molecule has 4 aromatic rings.